The molecule has 0 spiro atoms. The number of nitrogens with zero attached hydrogens (tertiary/aromatic N) is 5. The van der Waals surface area contributed by atoms with Gasteiger partial charge in [0.25, 0.3) is 0 Å². The number of nitrogens with one attached hydrogen (secondary N) is 1. The molecule has 0 aliphatic rings. The molecule has 0 aliphatic carbocycles. The normalized spacial score (nSPS) is 14.5. The molecule has 0 saturated heterocycles. The van der Waals surface area contributed by atoms with Crippen LogP contribution in [0.2, 0.25) is 0 Å². The zero-order valence-corrected chi connectivity index (χ0v) is 81.5. The van der Waals surface area contributed by atoms with Crippen LogP contribution in [0.5, 0.6) is 0 Å². The first kappa shape index (κ1) is 120. The zero-order chi connectivity index (χ0) is 88.6. The van der Waals surface area contributed by atoms with Gasteiger partial charge in [-0.2, -0.15) is 0 Å². The fourth-order valence-corrected chi connectivity index (χ4v) is 16.8. The fourth-order valence-electron chi connectivity index (χ4n) is 16.8. The Morgan fingerprint density at radius 1 is 0.200 bits per heavy atom. The first-order chi connectivity index (χ1) is 58.5. The highest BCUT2D eigenvalue weighted by Crippen LogP contribution is 2.24. The lowest BCUT2D eigenvalue weighted by Crippen LogP contribution is -2.53. The van der Waals surface area contributed by atoms with Crippen molar-refractivity contribution in [3.05, 3.63) is 30.3 Å². The molecule has 1 aromatic rings. The molecular formula is C104H212N6O10. The Kier molecular flexibility index (Phi) is 93.9. The summed E-state index contributed by atoms with van der Waals surface area (Å²) < 4.78 is 0. The highest BCUT2D eigenvalue weighted by molar-refractivity contribution is 5.41. The Hall–Kier alpha value is -1.58. The van der Waals surface area contributed by atoms with Crippen LogP contribution < -0.4 is 5.43 Å². The van der Waals surface area contributed by atoms with Gasteiger partial charge in [0.1, 0.15) is 0 Å². The summed E-state index contributed by atoms with van der Waals surface area (Å²) >= 11 is 0. The van der Waals surface area contributed by atoms with Crippen LogP contribution in [0.4, 0.5) is 5.69 Å². The topological polar surface area (TPSA) is 231 Å². The fraction of sp³-hybridized carbons (Fsp3) is 0.942. The number of aliphatic hydroxyl groups is 10. The first-order valence-electron chi connectivity index (χ1n) is 52.7. The van der Waals surface area contributed by atoms with E-state index in [4.69, 9.17) is 0 Å². The molecule has 1 aromatic carbocycles. The van der Waals surface area contributed by atoms with Crippen LogP contribution in [-0.2, 0) is 0 Å². The third-order valence-corrected chi connectivity index (χ3v) is 24.8. The van der Waals surface area contributed by atoms with Gasteiger partial charge < -0.3 is 56.5 Å². The highest BCUT2D eigenvalue weighted by Gasteiger charge is 2.29. The molecule has 0 aromatic heterocycles. The van der Waals surface area contributed by atoms with Crippen LogP contribution in [0.3, 0.4) is 0 Å². The summed E-state index contributed by atoms with van der Waals surface area (Å²) in [5.41, 5.74) is 4.42. The van der Waals surface area contributed by atoms with Gasteiger partial charge >= 0.3 is 0 Å². The third kappa shape index (κ3) is 80.9. The van der Waals surface area contributed by atoms with E-state index in [9.17, 15) is 51.1 Å². The second-order valence-corrected chi connectivity index (χ2v) is 37.3. The van der Waals surface area contributed by atoms with Gasteiger partial charge in [0.05, 0.1) is 48.8 Å². The molecule has 120 heavy (non-hydrogen) atoms. The molecule has 0 heterocycles. The van der Waals surface area contributed by atoms with Gasteiger partial charge in [-0.25, -0.2) is 25.0 Å². The smallest absolute Gasteiger partial charge is 0.0685 e. The number of benzene rings is 1. The maximum atomic E-state index is 11.4. The molecule has 10 atom stereocenters. The second-order valence-electron chi connectivity index (χ2n) is 37.3. The quantitative estimate of drug-likeness (QED) is 0.0215. The Labute approximate surface area is 745 Å². The molecule has 718 valence electrons. The number of hydrazine groups is 3. The summed E-state index contributed by atoms with van der Waals surface area (Å²) in [6.45, 7) is 27.6. The Morgan fingerprint density at radius 2 is 0.367 bits per heavy atom. The molecule has 0 radical (unpaired) electrons. The lowest BCUT2D eigenvalue weighted by molar-refractivity contribution is -0.106. The van der Waals surface area contributed by atoms with E-state index < -0.39 is 36.6 Å². The summed E-state index contributed by atoms with van der Waals surface area (Å²) in [6, 6.07) is 10.1. The van der Waals surface area contributed by atoms with Crippen molar-refractivity contribution in [1.29, 1.82) is 0 Å². The summed E-state index contributed by atoms with van der Waals surface area (Å²) in [6.07, 6.45) is 73.5. The van der Waals surface area contributed by atoms with Crippen molar-refractivity contribution in [1.82, 2.24) is 25.0 Å². The molecular weight excluding hydrogens is 1490 g/mol. The van der Waals surface area contributed by atoms with E-state index >= 15 is 0 Å². The van der Waals surface area contributed by atoms with E-state index in [1.54, 1.807) is 0 Å². The van der Waals surface area contributed by atoms with Gasteiger partial charge in [-0.15, -0.1) is 0 Å². The molecule has 16 nitrogen and oxygen atoms in total. The Balaban J connectivity index is 0. The minimum atomic E-state index is -0.469. The maximum absolute atomic E-state index is 11.4. The van der Waals surface area contributed by atoms with Crippen molar-refractivity contribution in [3.63, 3.8) is 0 Å². The summed E-state index contributed by atoms with van der Waals surface area (Å²) in [5.74, 6) is 0.244. The van der Waals surface area contributed by atoms with Gasteiger partial charge in [0.15, 0.2) is 0 Å². The van der Waals surface area contributed by atoms with Crippen LogP contribution in [0, 0.1) is 11.8 Å². The molecule has 0 saturated carbocycles. The van der Waals surface area contributed by atoms with Crippen LogP contribution in [0.1, 0.15) is 493 Å². The average molecular weight is 1710 g/mol. The summed E-state index contributed by atoms with van der Waals surface area (Å²) in [4.78, 5) is 0. The minimum Gasteiger partial charge on any atom is -0.396 e. The molecule has 0 amide bonds. The summed E-state index contributed by atoms with van der Waals surface area (Å²) in [5, 5.41) is 119. The van der Waals surface area contributed by atoms with Crippen LogP contribution in [0.25, 0.3) is 0 Å². The first-order valence-corrected chi connectivity index (χ1v) is 52.7. The molecule has 0 bridgehead atoms. The van der Waals surface area contributed by atoms with Crippen LogP contribution in [0.15, 0.2) is 30.3 Å². The third-order valence-electron chi connectivity index (χ3n) is 24.8. The molecule has 0 fully saturated rings. The van der Waals surface area contributed by atoms with Crippen molar-refractivity contribution in [2.24, 2.45) is 11.8 Å². The number of unbranched alkanes of at least 4 members (excludes halogenated alkanes) is 46. The predicted octanol–water partition coefficient (Wildman–Crippen LogP) is 25.4. The van der Waals surface area contributed by atoms with Crippen molar-refractivity contribution in [3.8, 4) is 0 Å². The SMILES string of the molecule is CCCCC(O)CN(CC(O)CCCC)N(CC(O)CCCC)CC(CO)CCCC.CCCCCCCCCCC(O)CN(CC(O)CCCCCCCCCC)N(CC(O)CCCCCCCCCC)CC(CO)CCCCCCCCCC.CCCCCCCCCCC(O)CN(CC(O)CCCCCCCCCC)Nc1ccccc1. The lowest BCUT2D eigenvalue weighted by atomic mass is 9.99. The van der Waals surface area contributed by atoms with E-state index in [0.29, 0.717) is 65.4 Å². The van der Waals surface area contributed by atoms with E-state index in [-0.39, 0.29) is 37.3 Å². The Morgan fingerprint density at radius 3 is 0.583 bits per heavy atom. The average Bonchev–Trinajstić information content (AvgIpc) is 0.870. The number of hydrogen-bond acceptors (Lipinski definition) is 16. The predicted molar refractivity (Wildman–Crippen MR) is 519 cm³/mol. The number of rotatable bonds is 92. The van der Waals surface area contributed by atoms with Crippen molar-refractivity contribution < 1.29 is 51.1 Å². The van der Waals surface area contributed by atoms with Crippen molar-refractivity contribution in [2.75, 3.05) is 84.1 Å². The second kappa shape index (κ2) is 93.6. The van der Waals surface area contributed by atoms with Gasteiger partial charge in [-0.05, 0) is 88.2 Å². The molecule has 1 rings (SSSR count). The van der Waals surface area contributed by atoms with Crippen molar-refractivity contribution >= 4 is 5.69 Å². The van der Waals surface area contributed by atoms with E-state index in [0.717, 1.165) is 173 Å². The molecule has 16 heteroatoms. The van der Waals surface area contributed by atoms with Gasteiger partial charge in [0, 0.05) is 84.3 Å². The van der Waals surface area contributed by atoms with Crippen LogP contribution >= 0.6 is 0 Å². The van der Waals surface area contributed by atoms with Crippen LogP contribution in [-0.4, -0.2) is 204 Å². The van der Waals surface area contributed by atoms with E-state index in [1.807, 2.05) is 35.3 Å². The summed E-state index contributed by atoms with van der Waals surface area (Å²) in [7, 11) is 0. The maximum Gasteiger partial charge on any atom is 0.0685 e. The number of hydrogen-bond donors (Lipinski definition) is 11. The number of para-hydroxylation sites is 1. The minimum absolute atomic E-state index is 0.117. The number of aliphatic hydroxyl groups excluding tert-OH is 10. The van der Waals surface area contributed by atoms with E-state index in [2.05, 4.69) is 94.7 Å². The van der Waals surface area contributed by atoms with Gasteiger partial charge in [-0.3, -0.25) is 0 Å². The molecule has 10 unspecified atom stereocenters. The molecule has 11 N–H and O–H groups in total. The molecule has 0 aliphatic heterocycles. The van der Waals surface area contributed by atoms with E-state index in [1.165, 1.54) is 257 Å². The lowest BCUT2D eigenvalue weighted by Gasteiger charge is -2.40. The largest absolute Gasteiger partial charge is 0.396 e. The van der Waals surface area contributed by atoms with Gasteiger partial charge in [0.2, 0.25) is 0 Å². The highest BCUT2D eigenvalue weighted by atomic mass is 16.3. The Bertz CT molecular complexity index is 2030. The monoisotopic (exact) mass is 1710 g/mol. The van der Waals surface area contributed by atoms with Crippen molar-refractivity contribution in [2.45, 2.75) is 542 Å². The number of anilines is 1. The van der Waals surface area contributed by atoms with Gasteiger partial charge in [-0.1, -0.05) is 447 Å². The zero-order valence-electron chi connectivity index (χ0n) is 81.5. The standard InChI is InChI=1S/C49H102N2O4.C30H56N2O2.C25H54N2O4/c1-5-9-13-17-21-25-29-33-37-46(45-52)41-50(42-47(53)38-34-30-26-22-18-14-10-6-2)51(43-48(54)39-35-31-27-23-19-15-11-7-3)44-49(55)40-36-32-28-24-20-16-12-8-4;1-3-5-7-9-11-13-15-20-24-29(33)26-32(31-28-22-18-17-19-23-28)27-30(34)25-21-16-14-12-10-8-6-4-2;1-5-9-13-22(21-28)17-26(18-23(29)14-10-6-2)27(19-24(30)15-11-7-3)20-25(31)16-12-8-4/h46-49,52-55H,5-45H2,1-4H3;17-19,22-23,29-31,33-34H,3-16,20-21,24-27H2,1-2H3;22-25,28-31H,5-21H2,1-4H3.